The van der Waals surface area contributed by atoms with Gasteiger partial charge in [0.2, 0.25) is 0 Å². The Kier molecular flexibility index (Phi) is 3.38. The second-order valence-electron chi connectivity index (χ2n) is 4.82. The number of nitrogens with zero attached hydrogens (tertiary/aromatic N) is 4. The van der Waals surface area contributed by atoms with Crippen molar-refractivity contribution in [3.05, 3.63) is 47.4 Å². The largest absolute Gasteiger partial charge is 0.805 e. The van der Waals surface area contributed by atoms with E-state index in [-0.39, 0.29) is 0 Å². The van der Waals surface area contributed by atoms with Crippen LogP contribution in [0.25, 0.3) is 11.0 Å². The van der Waals surface area contributed by atoms with Crippen LogP contribution >= 0.6 is 0 Å². The molecular weight excluding hydrogens is 282 g/mol. The topological polar surface area (TPSA) is 101 Å². The van der Waals surface area contributed by atoms with Gasteiger partial charge in [-0.2, -0.15) is 10.2 Å². The minimum atomic E-state index is 0.504. The molecule has 0 amide bonds. The number of anilines is 1. The number of azo groups is 1. The molecule has 2 N–H and O–H groups in total. The zero-order valence-electron chi connectivity index (χ0n) is 12.1. The molecule has 0 aliphatic rings. The van der Waals surface area contributed by atoms with Crippen molar-refractivity contribution in [1.29, 1.82) is 0 Å². The van der Waals surface area contributed by atoms with Crippen LogP contribution < -0.4 is 10.5 Å². The second kappa shape index (κ2) is 5.36. The first-order chi connectivity index (χ1) is 10.6. The molecule has 1 heterocycles. The van der Waals surface area contributed by atoms with E-state index in [1.165, 1.54) is 6.33 Å². The average Bonchev–Trinajstić information content (AvgIpc) is 2.87. The van der Waals surface area contributed by atoms with Gasteiger partial charge in [0.05, 0.1) is 41.5 Å². The van der Waals surface area contributed by atoms with Gasteiger partial charge in [0.1, 0.15) is 5.75 Å². The van der Waals surface area contributed by atoms with E-state index >= 15 is 0 Å². The lowest BCUT2D eigenvalue weighted by Gasteiger charge is -2.07. The number of hydrogen-bond acceptors (Lipinski definition) is 6. The molecule has 112 valence electrons. The summed E-state index contributed by atoms with van der Waals surface area (Å²) in [5, 5.41) is 19.8. The Morgan fingerprint density at radius 2 is 2.05 bits per heavy atom. The van der Waals surface area contributed by atoms with Crippen LogP contribution in [0.1, 0.15) is 5.56 Å². The fraction of sp³-hybridized carbons (Fsp3) is 0.133. The van der Waals surface area contributed by atoms with Crippen LogP contribution in [-0.4, -0.2) is 16.8 Å². The molecule has 0 bridgehead atoms. The van der Waals surface area contributed by atoms with E-state index in [0.29, 0.717) is 38.6 Å². The average molecular weight is 296 g/mol. The van der Waals surface area contributed by atoms with Gasteiger partial charge in [-0.05, 0) is 36.8 Å². The Morgan fingerprint density at radius 1 is 1.23 bits per heavy atom. The molecule has 0 saturated heterocycles. The van der Waals surface area contributed by atoms with Crippen LogP contribution in [0.4, 0.5) is 17.1 Å². The monoisotopic (exact) mass is 296 g/mol. The first-order valence-corrected chi connectivity index (χ1v) is 6.59. The molecule has 0 saturated carbocycles. The van der Waals surface area contributed by atoms with Gasteiger partial charge >= 0.3 is 0 Å². The van der Waals surface area contributed by atoms with E-state index < -0.39 is 0 Å². The van der Waals surface area contributed by atoms with E-state index in [9.17, 15) is 5.21 Å². The number of rotatable bonds is 3. The zero-order valence-corrected chi connectivity index (χ0v) is 12.1. The number of aromatic nitrogens is 2. The summed E-state index contributed by atoms with van der Waals surface area (Å²) in [5.41, 5.74) is 9.65. The zero-order chi connectivity index (χ0) is 15.7. The number of nitrogens with two attached hydrogens (primary N) is 1. The van der Waals surface area contributed by atoms with Gasteiger partial charge in [0.25, 0.3) is 0 Å². The molecule has 1 aromatic heterocycles. The van der Waals surface area contributed by atoms with Crippen LogP contribution in [0.15, 0.2) is 46.9 Å². The predicted octanol–water partition coefficient (Wildman–Crippen LogP) is 3.70. The van der Waals surface area contributed by atoms with Crippen molar-refractivity contribution >= 4 is 28.1 Å². The van der Waals surface area contributed by atoms with Crippen molar-refractivity contribution < 1.29 is 4.74 Å². The van der Waals surface area contributed by atoms with Gasteiger partial charge in [-0.15, -0.1) is 0 Å². The van der Waals surface area contributed by atoms with Crippen LogP contribution in [-0.2, 0) is 0 Å². The third kappa shape index (κ3) is 2.44. The summed E-state index contributed by atoms with van der Waals surface area (Å²) in [6, 6.07) is 8.61. The molecule has 0 aliphatic heterocycles. The maximum Gasteiger partial charge on any atom is 0.143 e. The molecule has 0 unspecified atom stereocenters. The summed E-state index contributed by atoms with van der Waals surface area (Å²) < 4.78 is 5.89. The lowest BCUT2D eigenvalue weighted by atomic mass is 10.1. The number of nitrogen functional groups attached to an aromatic ring is 1. The molecule has 3 aromatic rings. The minimum Gasteiger partial charge on any atom is -0.805 e. The Morgan fingerprint density at radius 3 is 2.82 bits per heavy atom. The first kappa shape index (κ1) is 13.9. The van der Waals surface area contributed by atoms with Gasteiger partial charge < -0.3 is 20.4 Å². The van der Waals surface area contributed by atoms with E-state index in [2.05, 4.69) is 15.2 Å². The SMILES string of the molecule is COc1cc(N=Nc2ccc3c(c2)ncn3[O-])c(C)cc1N. The highest BCUT2D eigenvalue weighted by molar-refractivity contribution is 5.79. The van der Waals surface area contributed by atoms with Crippen molar-refractivity contribution in [2.45, 2.75) is 6.92 Å². The molecule has 3 rings (SSSR count). The van der Waals surface area contributed by atoms with Gasteiger partial charge in [-0.25, -0.2) is 4.98 Å². The highest BCUT2D eigenvalue weighted by Crippen LogP contribution is 2.32. The molecule has 0 spiro atoms. The summed E-state index contributed by atoms with van der Waals surface area (Å²) in [7, 11) is 1.55. The smallest absolute Gasteiger partial charge is 0.143 e. The summed E-state index contributed by atoms with van der Waals surface area (Å²) in [5.74, 6) is 0.556. The third-order valence-corrected chi connectivity index (χ3v) is 3.32. The highest BCUT2D eigenvalue weighted by Gasteiger charge is 2.05. The van der Waals surface area contributed by atoms with Crippen molar-refractivity contribution in [3.63, 3.8) is 0 Å². The van der Waals surface area contributed by atoms with E-state index in [0.717, 1.165) is 5.56 Å². The van der Waals surface area contributed by atoms with E-state index in [4.69, 9.17) is 10.5 Å². The standard InChI is InChI=1S/C15H14N5O2/c1-9-5-11(16)15(22-2)7-12(9)19-18-10-3-4-14-13(6-10)17-8-20(14)21/h3-8H,16H2,1-2H3/q-1. The Balaban J connectivity index is 1.95. The van der Waals surface area contributed by atoms with Crippen LogP contribution in [0.3, 0.4) is 0 Å². The summed E-state index contributed by atoms with van der Waals surface area (Å²) in [6.07, 6.45) is 1.22. The number of benzene rings is 2. The molecule has 0 atom stereocenters. The molecule has 0 aliphatic carbocycles. The maximum absolute atomic E-state index is 11.4. The second-order valence-corrected chi connectivity index (χ2v) is 4.82. The lowest BCUT2D eigenvalue weighted by Crippen LogP contribution is -1.92. The van der Waals surface area contributed by atoms with Crippen molar-refractivity contribution in [1.82, 2.24) is 9.71 Å². The Hall–Kier alpha value is -3.09. The normalized spacial score (nSPS) is 11.4. The number of aryl methyl sites for hydroxylation is 1. The molecule has 7 heteroatoms. The fourth-order valence-electron chi connectivity index (χ4n) is 2.14. The molecule has 0 radical (unpaired) electrons. The molecule has 22 heavy (non-hydrogen) atoms. The predicted molar refractivity (Wildman–Crippen MR) is 84.8 cm³/mol. The van der Waals surface area contributed by atoms with Gasteiger partial charge in [0.15, 0.2) is 0 Å². The van der Waals surface area contributed by atoms with E-state index in [1.807, 2.05) is 6.92 Å². The first-order valence-electron chi connectivity index (χ1n) is 6.59. The fourth-order valence-corrected chi connectivity index (χ4v) is 2.14. The Labute approximate surface area is 126 Å². The number of fused-ring (bicyclic) bond motifs is 1. The highest BCUT2D eigenvalue weighted by atomic mass is 16.5. The summed E-state index contributed by atoms with van der Waals surface area (Å²) in [4.78, 5) is 4.00. The number of imidazole rings is 1. The quantitative estimate of drug-likeness (QED) is 0.588. The van der Waals surface area contributed by atoms with Crippen molar-refractivity contribution in [3.8, 4) is 5.75 Å². The van der Waals surface area contributed by atoms with Crippen LogP contribution in [0, 0.1) is 12.1 Å². The molecule has 7 nitrogen and oxygen atoms in total. The Bertz CT molecular complexity index is 870. The number of hydrogen-bond donors (Lipinski definition) is 1. The van der Waals surface area contributed by atoms with Crippen LogP contribution in [0.2, 0.25) is 0 Å². The summed E-state index contributed by atoms with van der Waals surface area (Å²) >= 11 is 0. The third-order valence-electron chi connectivity index (χ3n) is 3.32. The van der Waals surface area contributed by atoms with Crippen molar-refractivity contribution in [2.75, 3.05) is 12.8 Å². The molecule has 0 fully saturated rings. The van der Waals surface area contributed by atoms with Gasteiger partial charge in [0, 0.05) is 6.07 Å². The van der Waals surface area contributed by atoms with Crippen molar-refractivity contribution in [2.24, 2.45) is 10.2 Å². The minimum absolute atomic E-state index is 0.504. The number of ether oxygens (including phenoxy) is 1. The maximum atomic E-state index is 11.4. The number of methoxy groups -OCH3 is 1. The summed E-state index contributed by atoms with van der Waals surface area (Å²) in [6.45, 7) is 1.90. The lowest BCUT2D eigenvalue weighted by molar-refractivity contribution is 0.417. The molecular formula is C15H14N5O2-. The molecule has 2 aromatic carbocycles. The van der Waals surface area contributed by atoms with Gasteiger partial charge in [-0.3, -0.25) is 0 Å². The van der Waals surface area contributed by atoms with E-state index in [1.54, 1.807) is 37.4 Å². The van der Waals surface area contributed by atoms with Gasteiger partial charge in [-0.1, -0.05) is 0 Å². The van der Waals surface area contributed by atoms with Crippen LogP contribution in [0.5, 0.6) is 5.75 Å².